The molecule has 0 unspecified atom stereocenters. The number of aromatic amines is 1. The second kappa shape index (κ2) is 22.2. The van der Waals surface area contributed by atoms with Crippen LogP contribution in [0.1, 0.15) is 138 Å². The number of ketones is 1. The second-order valence-corrected chi connectivity index (χ2v) is 23.6. The van der Waals surface area contributed by atoms with Gasteiger partial charge >= 0.3 is 5.69 Å². The van der Waals surface area contributed by atoms with Crippen molar-refractivity contribution in [2.75, 3.05) is 38.6 Å². The number of aromatic nitrogens is 7. The molecule has 12 rings (SSSR count). The maximum absolute atomic E-state index is 13.4. The molecular formula is C62H76FN9O6. The summed E-state index contributed by atoms with van der Waals surface area (Å²) in [4.78, 5) is 64.8. The third kappa shape index (κ3) is 10.3. The lowest BCUT2D eigenvalue weighted by molar-refractivity contribution is -0.114. The van der Waals surface area contributed by atoms with Crippen LogP contribution in [0.4, 0.5) is 10.1 Å². The summed E-state index contributed by atoms with van der Waals surface area (Å²) in [5.41, 5.74) is 9.25. The summed E-state index contributed by atoms with van der Waals surface area (Å²) in [5, 5.41) is 16.9. The van der Waals surface area contributed by atoms with Crippen molar-refractivity contribution in [2.45, 2.75) is 149 Å². The van der Waals surface area contributed by atoms with Crippen molar-refractivity contribution >= 4 is 33.6 Å². The average Bonchev–Trinajstić information content (AvgIpc) is 4.10. The minimum Gasteiger partial charge on any atom is -0.378 e. The lowest BCUT2D eigenvalue weighted by Crippen LogP contribution is -2.51. The van der Waals surface area contributed by atoms with E-state index in [-0.39, 0.29) is 39.7 Å². The molecule has 4 aromatic heterocycles. The van der Waals surface area contributed by atoms with Gasteiger partial charge in [-0.05, 0) is 162 Å². The number of halogens is 1. The molecule has 0 spiro atoms. The number of hydrogen-bond acceptors (Lipinski definition) is 11. The number of anilines is 1. The van der Waals surface area contributed by atoms with Crippen molar-refractivity contribution in [3.05, 3.63) is 137 Å². The molecule has 2 aromatic carbocycles. The Labute approximate surface area is 455 Å². The molecule has 16 heteroatoms. The van der Waals surface area contributed by atoms with Gasteiger partial charge < -0.3 is 24.4 Å². The Bertz CT molecular complexity index is 3560. The average molecular weight is 1060 g/mol. The van der Waals surface area contributed by atoms with Crippen LogP contribution in [-0.4, -0.2) is 88.9 Å². The van der Waals surface area contributed by atoms with Gasteiger partial charge in [0.2, 0.25) is 0 Å². The SMILES string of the molecule is CC#C[C@]1(O)CC[C@H]2[C@@H]3CCC4=CC(=O)CCC4=C3[C@@H](c3ccc(N(C)C)cc3)C[C@@]21C.CC(C)Cn1c(=O)n(C)c(=O)c2[nH]cnc21.Cc1nc2n(c(=O)c1CCN1CCC(c3noc4cc(F)ccc34)CC1)CCCC2. The van der Waals surface area contributed by atoms with Crippen molar-refractivity contribution in [1.29, 1.82) is 0 Å². The van der Waals surface area contributed by atoms with Gasteiger partial charge in [0.25, 0.3) is 11.1 Å². The van der Waals surface area contributed by atoms with Gasteiger partial charge in [-0.1, -0.05) is 49.6 Å². The number of carbonyl (C=O) groups excluding carboxylic acids is 1. The first kappa shape index (κ1) is 54.6. The number of nitrogens with zero attached hydrogens (tertiary/aromatic N) is 8. The highest BCUT2D eigenvalue weighted by molar-refractivity contribution is 5.93. The summed E-state index contributed by atoms with van der Waals surface area (Å²) in [7, 11) is 5.62. The number of piperidine rings is 1. The normalized spacial score (nSPS) is 24.0. The van der Waals surface area contributed by atoms with Crippen LogP contribution >= 0.6 is 0 Å². The Kier molecular flexibility index (Phi) is 15.6. The number of allylic oxidation sites excluding steroid dienone is 4. The number of aryl methyl sites for hydroxylation is 2. The number of fused-ring (bicyclic) bond motifs is 7. The molecule has 15 nitrogen and oxygen atoms in total. The molecule has 2 N–H and O–H groups in total. The number of hydrogen-bond donors (Lipinski definition) is 2. The molecule has 1 saturated heterocycles. The van der Waals surface area contributed by atoms with E-state index in [1.807, 2.05) is 38.3 Å². The molecular weight excluding hydrogens is 986 g/mol. The highest BCUT2D eigenvalue weighted by atomic mass is 19.1. The number of likely N-dealkylation sites (tertiary alicyclic amines) is 1. The van der Waals surface area contributed by atoms with Crippen LogP contribution in [0.5, 0.6) is 0 Å². The molecule has 0 radical (unpaired) electrons. The molecule has 2 saturated carbocycles. The molecule has 412 valence electrons. The summed E-state index contributed by atoms with van der Waals surface area (Å²) >= 11 is 0. The van der Waals surface area contributed by atoms with Gasteiger partial charge in [0.15, 0.2) is 17.0 Å². The zero-order chi connectivity index (χ0) is 55.2. The number of nitrogens with one attached hydrogen (secondary N) is 1. The van der Waals surface area contributed by atoms with Gasteiger partial charge in [-0.25, -0.2) is 19.2 Å². The van der Waals surface area contributed by atoms with E-state index in [9.17, 15) is 28.7 Å². The van der Waals surface area contributed by atoms with E-state index >= 15 is 0 Å². The summed E-state index contributed by atoms with van der Waals surface area (Å²) in [6.07, 6.45) is 15.5. The fourth-order valence-corrected chi connectivity index (χ4v) is 14.0. The molecule has 6 aliphatic rings. The van der Waals surface area contributed by atoms with Crippen molar-refractivity contribution in [2.24, 2.45) is 30.2 Å². The molecule has 78 heavy (non-hydrogen) atoms. The Hall–Kier alpha value is -6.70. The van der Waals surface area contributed by atoms with E-state index in [2.05, 4.69) is 82.0 Å². The first-order valence-electron chi connectivity index (χ1n) is 28.3. The van der Waals surface area contributed by atoms with Crippen molar-refractivity contribution in [3.8, 4) is 11.8 Å². The summed E-state index contributed by atoms with van der Waals surface area (Å²) < 4.78 is 23.2. The van der Waals surface area contributed by atoms with Gasteiger partial charge in [0.05, 0.1) is 12.0 Å². The van der Waals surface area contributed by atoms with Crippen molar-refractivity contribution in [1.82, 2.24) is 38.7 Å². The van der Waals surface area contributed by atoms with Crippen molar-refractivity contribution < 1.29 is 18.8 Å². The topological polar surface area (TPSA) is 177 Å². The number of imidazole rings is 1. The maximum atomic E-state index is 13.4. The first-order valence-corrected chi connectivity index (χ1v) is 28.3. The van der Waals surface area contributed by atoms with E-state index in [1.54, 1.807) is 11.6 Å². The summed E-state index contributed by atoms with van der Waals surface area (Å²) in [5.74, 6) is 9.05. The van der Waals surface area contributed by atoms with Gasteiger partial charge in [0.1, 0.15) is 22.8 Å². The van der Waals surface area contributed by atoms with Crippen LogP contribution in [0, 0.1) is 47.8 Å². The zero-order valence-electron chi connectivity index (χ0n) is 46.8. The molecule has 6 aromatic rings. The predicted molar refractivity (Wildman–Crippen MR) is 302 cm³/mol. The van der Waals surface area contributed by atoms with E-state index in [4.69, 9.17) is 9.51 Å². The summed E-state index contributed by atoms with van der Waals surface area (Å²) in [6.45, 7) is 14.3. The number of benzene rings is 2. The number of aliphatic hydroxyl groups is 1. The maximum Gasteiger partial charge on any atom is 0.332 e. The minimum atomic E-state index is -0.914. The number of rotatable bonds is 8. The third-order valence-corrected chi connectivity index (χ3v) is 18.2. The van der Waals surface area contributed by atoms with Crippen LogP contribution in [-0.2, 0) is 37.8 Å². The van der Waals surface area contributed by atoms with Crippen LogP contribution < -0.4 is 21.7 Å². The fourth-order valence-electron chi connectivity index (χ4n) is 14.0. The minimum absolute atomic E-state index is 0.161. The quantitative estimate of drug-likeness (QED) is 0.139. The van der Waals surface area contributed by atoms with Gasteiger partial charge in [0, 0.05) is 99.3 Å². The lowest BCUT2D eigenvalue weighted by atomic mass is 9.51. The monoisotopic (exact) mass is 1060 g/mol. The largest absolute Gasteiger partial charge is 0.378 e. The van der Waals surface area contributed by atoms with E-state index in [0.29, 0.717) is 53.4 Å². The van der Waals surface area contributed by atoms with E-state index < -0.39 is 5.60 Å². The highest BCUT2D eigenvalue weighted by Gasteiger charge is 2.62. The van der Waals surface area contributed by atoms with Crippen LogP contribution in [0.3, 0.4) is 0 Å². The lowest BCUT2D eigenvalue weighted by Gasteiger charge is -2.53. The van der Waals surface area contributed by atoms with Crippen LogP contribution in [0.25, 0.3) is 22.1 Å². The molecule has 0 amide bonds. The molecule has 6 heterocycles. The molecule has 4 aliphatic carbocycles. The van der Waals surface area contributed by atoms with Crippen LogP contribution in [0.15, 0.2) is 90.5 Å². The Morgan fingerprint density at radius 2 is 1.73 bits per heavy atom. The molecule has 0 bridgehead atoms. The highest BCUT2D eigenvalue weighted by Crippen LogP contribution is 2.66. The molecule has 3 fully saturated rings. The molecule has 5 atom stereocenters. The third-order valence-electron chi connectivity index (χ3n) is 18.2. The Morgan fingerprint density at radius 1 is 0.962 bits per heavy atom. The van der Waals surface area contributed by atoms with Gasteiger partial charge in [-0.15, -0.1) is 5.92 Å². The van der Waals surface area contributed by atoms with Crippen LogP contribution in [0.2, 0.25) is 0 Å². The van der Waals surface area contributed by atoms with Gasteiger partial charge in [-0.2, -0.15) is 0 Å². The molecule has 2 aliphatic heterocycles. The Morgan fingerprint density at radius 3 is 2.46 bits per heavy atom. The standard InChI is InChI=1S/C29H35NO2.C23H27FN4O2.C10H14N4O2/c1-5-15-29(32)16-14-26-24-12-8-20-17-22(31)11-13-23(20)27(24)25(18-28(26,29)2)19-6-9-21(10-7-19)30(3)4;1-15-18(23(29)28-10-3-2-4-21(28)25-15)9-13-27-11-7-16(8-12-27)22-19-6-5-17(24)14-20(19)30-26-22;1-6(2)4-14-8-7(11-5-12-8)9(15)13(3)10(14)16/h6-7,9-10,17,24-26,32H,8,11-14,16,18H2,1-4H3;5-6,14,16H,2-4,7-13H2,1H3;5-6H,4H2,1-3H3,(H,11,12)/t24-,25+,26-,28-,29-;;/m0../s1. The number of H-pyrrole nitrogens is 1. The first-order chi connectivity index (χ1) is 37.4. The number of carbonyl (C=O) groups is 1. The van der Waals surface area contributed by atoms with Gasteiger partial charge in [-0.3, -0.25) is 28.1 Å². The van der Waals surface area contributed by atoms with E-state index in [0.717, 1.165) is 136 Å². The second-order valence-electron chi connectivity index (χ2n) is 23.6. The smallest absolute Gasteiger partial charge is 0.332 e. The summed E-state index contributed by atoms with van der Waals surface area (Å²) in [6, 6.07) is 13.6. The zero-order valence-corrected chi connectivity index (χ0v) is 46.8. The van der Waals surface area contributed by atoms with Crippen molar-refractivity contribution in [3.63, 3.8) is 0 Å². The van der Waals surface area contributed by atoms with E-state index in [1.165, 1.54) is 52.5 Å². The fraction of sp³-hybridized carbons (Fsp3) is 0.532. The Balaban J connectivity index is 0.000000140. The predicted octanol–water partition coefficient (Wildman–Crippen LogP) is 9.08.